The van der Waals surface area contributed by atoms with E-state index in [0.717, 1.165) is 5.39 Å². The van der Waals surface area contributed by atoms with Crippen molar-refractivity contribution in [2.75, 3.05) is 13.7 Å². The molecule has 1 aromatic carbocycles. The Morgan fingerprint density at radius 2 is 2.24 bits per heavy atom. The Hall–Kier alpha value is -1.62. The highest BCUT2D eigenvalue weighted by molar-refractivity contribution is 7.21. The summed E-state index contributed by atoms with van der Waals surface area (Å²) in [6.45, 7) is 2.06. The number of benzene rings is 1. The van der Waals surface area contributed by atoms with Gasteiger partial charge >= 0.3 is 5.97 Å². The second kappa shape index (κ2) is 4.71. The van der Waals surface area contributed by atoms with Crippen molar-refractivity contribution in [3.63, 3.8) is 0 Å². The van der Waals surface area contributed by atoms with Crippen molar-refractivity contribution in [1.29, 1.82) is 0 Å². The Balaban J connectivity index is 2.53. The summed E-state index contributed by atoms with van der Waals surface area (Å²) in [6, 6.07) is 4.62. The van der Waals surface area contributed by atoms with Crippen molar-refractivity contribution in [3.8, 4) is 5.75 Å². The van der Waals surface area contributed by atoms with Gasteiger partial charge in [-0.2, -0.15) is 0 Å². The highest BCUT2D eigenvalue weighted by Gasteiger charge is 2.16. The molecule has 0 atom stereocenters. The molecular formula is C12H11FO3S. The van der Waals surface area contributed by atoms with Crippen LogP contribution in [0.2, 0.25) is 0 Å². The Kier molecular flexibility index (Phi) is 3.28. The summed E-state index contributed by atoms with van der Waals surface area (Å²) >= 11 is 1.17. The van der Waals surface area contributed by atoms with Crippen LogP contribution < -0.4 is 4.74 Å². The average Bonchev–Trinajstić information content (AvgIpc) is 2.73. The number of halogens is 1. The van der Waals surface area contributed by atoms with Crippen LogP contribution >= 0.6 is 11.3 Å². The molecule has 0 amide bonds. The van der Waals surface area contributed by atoms with E-state index in [1.807, 2.05) is 0 Å². The first-order valence-corrected chi connectivity index (χ1v) is 5.92. The van der Waals surface area contributed by atoms with Gasteiger partial charge in [0.15, 0.2) is 11.6 Å². The standard InChI is InChI=1S/C12H11FO3S/c1-3-16-12(14)9-6-7-4-5-8(13)10(15-2)11(7)17-9/h4-6H,3H2,1-2H3. The van der Waals surface area contributed by atoms with Gasteiger partial charge in [0.1, 0.15) is 4.88 Å². The molecule has 17 heavy (non-hydrogen) atoms. The monoisotopic (exact) mass is 254 g/mol. The molecule has 0 fully saturated rings. The number of methoxy groups -OCH3 is 1. The largest absolute Gasteiger partial charge is 0.492 e. The van der Waals surface area contributed by atoms with Gasteiger partial charge in [0, 0.05) is 0 Å². The van der Waals surface area contributed by atoms with Gasteiger partial charge in [0.05, 0.1) is 18.4 Å². The summed E-state index contributed by atoms with van der Waals surface area (Å²) in [5.74, 6) is -0.656. The molecule has 0 saturated heterocycles. The third kappa shape index (κ3) is 2.10. The Bertz CT molecular complexity index is 562. The van der Waals surface area contributed by atoms with Crippen molar-refractivity contribution in [2.45, 2.75) is 6.92 Å². The minimum absolute atomic E-state index is 0.169. The molecule has 1 aromatic heterocycles. The van der Waals surface area contributed by atoms with Crippen LogP contribution in [-0.4, -0.2) is 19.7 Å². The molecule has 0 spiro atoms. The molecule has 0 N–H and O–H groups in total. The van der Waals surface area contributed by atoms with E-state index < -0.39 is 11.8 Å². The van der Waals surface area contributed by atoms with Gasteiger partial charge < -0.3 is 9.47 Å². The van der Waals surface area contributed by atoms with Crippen LogP contribution in [0.25, 0.3) is 10.1 Å². The topological polar surface area (TPSA) is 35.5 Å². The average molecular weight is 254 g/mol. The minimum atomic E-state index is -0.433. The second-order valence-corrected chi connectivity index (χ2v) is 4.38. The van der Waals surface area contributed by atoms with Crippen LogP contribution in [0, 0.1) is 5.82 Å². The molecule has 1 heterocycles. The molecule has 2 rings (SSSR count). The molecule has 5 heteroatoms. The van der Waals surface area contributed by atoms with E-state index in [4.69, 9.17) is 9.47 Å². The summed E-state index contributed by atoms with van der Waals surface area (Å²) < 4.78 is 24.0. The first-order valence-electron chi connectivity index (χ1n) is 5.10. The number of fused-ring (bicyclic) bond motifs is 1. The van der Waals surface area contributed by atoms with Gasteiger partial charge in [-0.15, -0.1) is 11.3 Å². The zero-order valence-electron chi connectivity index (χ0n) is 9.45. The van der Waals surface area contributed by atoms with Gasteiger partial charge in [0.25, 0.3) is 0 Å². The van der Waals surface area contributed by atoms with Crippen LogP contribution in [-0.2, 0) is 4.74 Å². The fourth-order valence-electron chi connectivity index (χ4n) is 1.55. The molecule has 0 bridgehead atoms. The van der Waals surface area contributed by atoms with E-state index in [9.17, 15) is 9.18 Å². The summed E-state index contributed by atoms with van der Waals surface area (Å²) in [7, 11) is 1.40. The number of carbonyl (C=O) groups is 1. The zero-order chi connectivity index (χ0) is 12.4. The van der Waals surface area contributed by atoms with Gasteiger partial charge in [0.2, 0.25) is 0 Å². The Labute approximate surface area is 102 Å². The second-order valence-electron chi connectivity index (χ2n) is 3.33. The lowest BCUT2D eigenvalue weighted by Crippen LogP contribution is -2.01. The predicted molar refractivity (Wildman–Crippen MR) is 64.3 cm³/mol. The van der Waals surface area contributed by atoms with Gasteiger partial charge in [-0.1, -0.05) is 6.07 Å². The number of esters is 1. The van der Waals surface area contributed by atoms with Crippen molar-refractivity contribution in [1.82, 2.24) is 0 Å². The molecule has 0 radical (unpaired) electrons. The Morgan fingerprint density at radius 3 is 2.88 bits per heavy atom. The van der Waals surface area contributed by atoms with E-state index >= 15 is 0 Å². The van der Waals surface area contributed by atoms with E-state index in [1.54, 1.807) is 19.1 Å². The van der Waals surface area contributed by atoms with E-state index in [2.05, 4.69) is 0 Å². The van der Waals surface area contributed by atoms with Crippen LogP contribution in [0.4, 0.5) is 4.39 Å². The number of carbonyl (C=O) groups excluding carboxylic acids is 1. The SMILES string of the molecule is CCOC(=O)c1cc2ccc(F)c(OC)c2s1. The summed E-state index contributed by atoms with van der Waals surface area (Å²) in [5.41, 5.74) is 0. The Morgan fingerprint density at radius 1 is 1.47 bits per heavy atom. The fraction of sp³-hybridized carbons (Fsp3) is 0.250. The minimum Gasteiger partial charge on any atom is -0.492 e. The third-order valence-electron chi connectivity index (χ3n) is 2.27. The number of rotatable bonds is 3. The lowest BCUT2D eigenvalue weighted by molar-refractivity contribution is 0.0532. The smallest absolute Gasteiger partial charge is 0.348 e. The molecular weight excluding hydrogens is 243 g/mol. The number of hydrogen-bond donors (Lipinski definition) is 0. The quantitative estimate of drug-likeness (QED) is 0.789. The molecule has 90 valence electrons. The number of hydrogen-bond acceptors (Lipinski definition) is 4. The summed E-state index contributed by atoms with van der Waals surface area (Å²) in [5, 5.41) is 0.774. The molecule has 0 saturated carbocycles. The van der Waals surface area contributed by atoms with Gasteiger partial charge in [-0.3, -0.25) is 0 Å². The molecule has 0 aliphatic heterocycles. The molecule has 0 aliphatic rings. The van der Waals surface area contributed by atoms with Crippen LogP contribution in [0.3, 0.4) is 0 Å². The maximum Gasteiger partial charge on any atom is 0.348 e. The maximum absolute atomic E-state index is 13.4. The zero-order valence-corrected chi connectivity index (χ0v) is 10.3. The normalized spacial score (nSPS) is 10.5. The van der Waals surface area contributed by atoms with Gasteiger partial charge in [-0.25, -0.2) is 9.18 Å². The number of ether oxygens (including phenoxy) is 2. The summed E-state index contributed by atoms with van der Waals surface area (Å²) in [6.07, 6.45) is 0. The third-order valence-corrected chi connectivity index (χ3v) is 3.40. The fourth-order valence-corrected chi connectivity index (χ4v) is 2.61. The molecule has 2 aromatic rings. The van der Waals surface area contributed by atoms with Crippen LogP contribution in [0.5, 0.6) is 5.75 Å². The van der Waals surface area contributed by atoms with E-state index in [1.165, 1.54) is 24.5 Å². The van der Waals surface area contributed by atoms with Crippen molar-refractivity contribution < 1.29 is 18.7 Å². The van der Waals surface area contributed by atoms with Crippen molar-refractivity contribution in [3.05, 3.63) is 28.9 Å². The highest BCUT2D eigenvalue weighted by atomic mass is 32.1. The lowest BCUT2D eigenvalue weighted by atomic mass is 10.2. The van der Waals surface area contributed by atoms with Crippen molar-refractivity contribution in [2.24, 2.45) is 0 Å². The van der Waals surface area contributed by atoms with Crippen LogP contribution in [0.15, 0.2) is 18.2 Å². The number of thiophene rings is 1. The molecule has 3 nitrogen and oxygen atoms in total. The lowest BCUT2D eigenvalue weighted by Gasteiger charge is -2.01. The highest BCUT2D eigenvalue weighted by Crippen LogP contribution is 2.35. The van der Waals surface area contributed by atoms with E-state index in [-0.39, 0.29) is 5.75 Å². The molecule has 0 unspecified atom stereocenters. The van der Waals surface area contributed by atoms with Crippen molar-refractivity contribution >= 4 is 27.4 Å². The molecule has 0 aliphatic carbocycles. The maximum atomic E-state index is 13.4. The van der Waals surface area contributed by atoms with Crippen LogP contribution in [0.1, 0.15) is 16.6 Å². The first-order chi connectivity index (χ1) is 8.17. The predicted octanol–water partition coefficient (Wildman–Crippen LogP) is 3.23. The summed E-state index contributed by atoms with van der Waals surface area (Å²) in [4.78, 5) is 12.0. The van der Waals surface area contributed by atoms with Gasteiger partial charge in [-0.05, 0) is 24.4 Å². The first kappa shape index (κ1) is 11.9. The van der Waals surface area contributed by atoms with E-state index in [0.29, 0.717) is 16.2 Å².